The molecule has 2 aromatic heterocycles. The molecule has 0 fully saturated rings. The van der Waals surface area contributed by atoms with Crippen LogP contribution in [0.2, 0.25) is 5.02 Å². The van der Waals surface area contributed by atoms with Gasteiger partial charge in [-0.2, -0.15) is 0 Å². The van der Waals surface area contributed by atoms with Crippen molar-refractivity contribution in [2.45, 2.75) is 20.0 Å². The second kappa shape index (κ2) is 6.40. The summed E-state index contributed by atoms with van der Waals surface area (Å²) >= 11 is 5.60. The number of carbonyl (C=O) groups excluding carboxylic acids is 1. The highest BCUT2D eigenvalue weighted by Gasteiger charge is 2.12. The van der Waals surface area contributed by atoms with E-state index < -0.39 is 17.4 Å². The molecule has 1 N–H and O–H groups in total. The van der Waals surface area contributed by atoms with Gasteiger partial charge in [0.15, 0.2) is 5.65 Å². The Morgan fingerprint density at radius 1 is 1.42 bits per heavy atom. The monoisotopic (exact) mass is 349 g/mol. The number of nitrogens with one attached hydrogen (secondary N) is 1. The Hall–Kier alpha value is -2.74. The highest BCUT2D eigenvalue weighted by atomic mass is 35.5. The van der Waals surface area contributed by atoms with Crippen LogP contribution < -0.4 is 11.0 Å². The number of aromatic nitrogens is 4. The van der Waals surface area contributed by atoms with Crippen molar-refractivity contribution in [1.29, 1.82) is 0 Å². The van der Waals surface area contributed by atoms with Gasteiger partial charge in [-0.15, -0.1) is 5.10 Å². The average Bonchev–Trinajstić information content (AvgIpc) is 2.87. The van der Waals surface area contributed by atoms with Gasteiger partial charge in [0.2, 0.25) is 5.91 Å². The smallest absolute Gasteiger partial charge is 0.350 e. The van der Waals surface area contributed by atoms with E-state index in [1.165, 1.54) is 28.9 Å². The Labute approximate surface area is 140 Å². The number of amides is 1. The summed E-state index contributed by atoms with van der Waals surface area (Å²) < 4.78 is 15.7. The van der Waals surface area contributed by atoms with Crippen LogP contribution in [0.1, 0.15) is 11.3 Å². The predicted octanol–water partition coefficient (Wildman–Crippen LogP) is 1.31. The zero-order valence-electron chi connectivity index (χ0n) is 12.7. The molecular formula is C15H13ClFN5O2. The molecule has 1 aromatic carbocycles. The van der Waals surface area contributed by atoms with Gasteiger partial charge in [-0.3, -0.25) is 9.78 Å². The van der Waals surface area contributed by atoms with Crippen molar-refractivity contribution in [1.82, 2.24) is 24.5 Å². The number of carbonyl (C=O) groups is 1. The summed E-state index contributed by atoms with van der Waals surface area (Å²) in [6.45, 7) is 1.60. The quantitative estimate of drug-likeness (QED) is 0.770. The fourth-order valence-electron chi connectivity index (χ4n) is 2.22. The molecule has 0 saturated carbocycles. The molecule has 24 heavy (non-hydrogen) atoms. The van der Waals surface area contributed by atoms with E-state index in [0.29, 0.717) is 16.9 Å². The Morgan fingerprint density at radius 2 is 2.21 bits per heavy atom. The van der Waals surface area contributed by atoms with E-state index in [1.807, 2.05) is 0 Å². The second-order valence-electron chi connectivity index (χ2n) is 5.17. The van der Waals surface area contributed by atoms with Crippen molar-refractivity contribution in [3.63, 3.8) is 0 Å². The summed E-state index contributed by atoms with van der Waals surface area (Å²) in [5.74, 6) is -0.968. The van der Waals surface area contributed by atoms with Crippen LogP contribution in [0.4, 0.5) is 4.39 Å². The summed E-state index contributed by atoms with van der Waals surface area (Å²) in [6, 6.07) is 4.27. The summed E-state index contributed by atoms with van der Waals surface area (Å²) in [6.07, 6.45) is 2.98. The lowest BCUT2D eigenvalue weighted by Crippen LogP contribution is -2.32. The molecule has 3 aromatic rings. The normalized spacial score (nSPS) is 11.0. The molecule has 0 spiro atoms. The summed E-state index contributed by atoms with van der Waals surface area (Å²) in [5.41, 5.74) is 1.12. The Bertz CT molecular complexity index is 982. The maximum absolute atomic E-state index is 13.4. The van der Waals surface area contributed by atoms with Gasteiger partial charge in [-0.05, 0) is 24.6 Å². The van der Waals surface area contributed by atoms with Crippen LogP contribution in [0.15, 0.2) is 35.4 Å². The minimum Gasteiger partial charge on any atom is -0.350 e. The lowest BCUT2D eigenvalue weighted by molar-refractivity contribution is -0.122. The molecule has 3 rings (SSSR count). The van der Waals surface area contributed by atoms with Crippen molar-refractivity contribution in [3.8, 4) is 0 Å². The van der Waals surface area contributed by atoms with Gasteiger partial charge in [-0.1, -0.05) is 17.7 Å². The zero-order valence-corrected chi connectivity index (χ0v) is 13.4. The SMILES string of the molecule is Cc1nccn2c(=O)n(CC(=O)NCc3ccc(Cl)c(F)c3)nc12. The van der Waals surface area contributed by atoms with E-state index in [2.05, 4.69) is 15.4 Å². The number of rotatable bonds is 4. The first-order valence-corrected chi connectivity index (χ1v) is 7.45. The van der Waals surface area contributed by atoms with Gasteiger partial charge >= 0.3 is 5.69 Å². The van der Waals surface area contributed by atoms with Gasteiger partial charge in [-0.25, -0.2) is 18.3 Å². The molecule has 0 atom stereocenters. The first kappa shape index (κ1) is 16.1. The van der Waals surface area contributed by atoms with Crippen molar-refractivity contribution in [2.24, 2.45) is 0 Å². The molecule has 0 radical (unpaired) electrons. The lowest BCUT2D eigenvalue weighted by Gasteiger charge is -2.05. The average molecular weight is 350 g/mol. The molecule has 2 heterocycles. The van der Waals surface area contributed by atoms with E-state index in [1.54, 1.807) is 13.0 Å². The first-order chi connectivity index (χ1) is 11.5. The molecule has 0 aliphatic carbocycles. The maximum Gasteiger partial charge on any atom is 0.350 e. The highest BCUT2D eigenvalue weighted by Crippen LogP contribution is 2.15. The van der Waals surface area contributed by atoms with E-state index >= 15 is 0 Å². The number of halogens is 2. The van der Waals surface area contributed by atoms with E-state index in [9.17, 15) is 14.0 Å². The van der Waals surface area contributed by atoms with Crippen LogP contribution >= 0.6 is 11.6 Å². The number of nitrogens with zero attached hydrogens (tertiary/aromatic N) is 4. The van der Waals surface area contributed by atoms with Gasteiger partial charge in [0.1, 0.15) is 12.4 Å². The Balaban J connectivity index is 1.71. The maximum atomic E-state index is 13.4. The third kappa shape index (κ3) is 3.13. The van der Waals surface area contributed by atoms with Crippen LogP contribution in [-0.2, 0) is 17.9 Å². The molecule has 0 aliphatic rings. The fraction of sp³-hybridized carbons (Fsp3) is 0.200. The van der Waals surface area contributed by atoms with E-state index in [0.717, 1.165) is 4.68 Å². The van der Waals surface area contributed by atoms with Gasteiger partial charge in [0.25, 0.3) is 0 Å². The molecule has 7 nitrogen and oxygen atoms in total. The summed E-state index contributed by atoms with van der Waals surface area (Å²) in [7, 11) is 0. The topological polar surface area (TPSA) is 81.3 Å². The lowest BCUT2D eigenvalue weighted by atomic mass is 10.2. The van der Waals surface area contributed by atoms with E-state index in [-0.39, 0.29) is 18.1 Å². The third-order valence-electron chi connectivity index (χ3n) is 3.45. The predicted molar refractivity (Wildman–Crippen MR) is 85.2 cm³/mol. The minimum absolute atomic E-state index is 0.0188. The molecule has 0 unspecified atom stereocenters. The number of hydrogen-bond donors (Lipinski definition) is 1. The van der Waals surface area contributed by atoms with Crippen molar-refractivity contribution >= 4 is 23.2 Å². The molecule has 0 bridgehead atoms. The number of fused-ring (bicyclic) bond motifs is 1. The Morgan fingerprint density at radius 3 is 2.92 bits per heavy atom. The number of benzene rings is 1. The van der Waals surface area contributed by atoms with Gasteiger partial charge in [0, 0.05) is 18.9 Å². The van der Waals surface area contributed by atoms with Gasteiger partial charge in [0.05, 0.1) is 10.7 Å². The first-order valence-electron chi connectivity index (χ1n) is 7.07. The van der Waals surface area contributed by atoms with Crippen molar-refractivity contribution in [2.75, 3.05) is 0 Å². The molecule has 0 saturated heterocycles. The molecule has 124 valence electrons. The van der Waals surface area contributed by atoms with E-state index in [4.69, 9.17) is 11.6 Å². The van der Waals surface area contributed by atoms with Crippen LogP contribution in [0.25, 0.3) is 5.65 Å². The molecule has 0 aliphatic heterocycles. The minimum atomic E-state index is -0.553. The molecular weight excluding hydrogens is 337 g/mol. The highest BCUT2D eigenvalue weighted by molar-refractivity contribution is 6.30. The third-order valence-corrected chi connectivity index (χ3v) is 3.75. The van der Waals surface area contributed by atoms with Crippen molar-refractivity contribution in [3.05, 3.63) is 63.2 Å². The molecule has 9 heteroatoms. The van der Waals surface area contributed by atoms with Crippen molar-refractivity contribution < 1.29 is 9.18 Å². The summed E-state index contributed by atoms with van der Waals surface area (Å²) in [4.78, 5) is 28.2. The van der Waals surface area contributed by atoms with Crippen LogP contribution in [0.5, 0.6) is 0 Å². The standard InChI is InChI=1S/C15H13ClFN5O2/c1-9-14-20-22(15(24)21(14)5-4-18-9)8-13(23)19-7-10-2-3-11(16)12(17)6-10/h2-6H,7-8H2,1H3,(H,19,23). The zero-order chi connectivity index (χ0) is 17.3. The molecule has 1 amide bonds. The van der Waals surface area contributed by atoms with Crippen LogP contribution in [-0.4, -0.2) is 25.1 Å². The number of hydrogen-bond acceptors (Lipinski definition) is 4. The largest absolute Gasteiger partial charge is 0.350 e. The second-order valence-corrected chi connectivity index (χ2v) is 5.58. The summed E-state index contributed by atoms with van der Waals surface area (Å²) in [5, 5.41) is 6.72. The fourth-order valence-corrected chi connectivity index (χ4v) is 2.33. The number of aryl methyl sites for hydroxylation is 1. The van der Waals surface area contributed by atoms with Crippen LogP contribution in [0.3, 0.4) is 0 Å². The Kier molecular flexibility index (Phi) is 4.30. The van der Waals surface area contributed by atoms with Gasteiger partial charge < -0.3 is 5.32 Å². The van der Waals surface area contributed by atoms with Crippen LogP contribution in [0, 0.1) is 12.7 Å².